The Bertz CT molecular complexity index is 1080. The SMILES string of the molecule is CC1(C)[C@@H]2CC[C@@]1(C)/C(=N/NC(=O)Cn1c(=O)oc3cc([N+](=O)[O-])ccc31)C2. The molecule has 0 aliphatic heterocycles. The Morgan fingerprint density at radius 1 is 1.43 bits per heavy atom. The molecule has 148 valence electrons. The van der Waals surface area contributed by atoms with Crippen LogP contribution in [0, 0.1) is 26.9 Å². The van der Waals surface area contributed by atoms with Crippen LogP contribution in [-0.4, -0.2) is 21.1 Å². The molecule has 2 saturated carbocycles. The van der Waals surface area contributed by atoms with E-state index in [1.807, 2.05) is 0 Å². The number of amides is 1. The molecule has 2 aliphatic rings. The van der Waals surface area contributed by atoms with Gasteiger partial charge < -0.3 is 4.42 Å². The highest BCUT2D eigenvalue weighted by molar-refractivity contribution is 5.95. The molecule has 0 spiro atoms. The van der Waals surface area contributed by atoms with Crippen LogP contribution in [0.15, 0.2) is 32.5 Å². The third kappa shape index (κ3) is 2.56. The molecule has 0 unspecified atom stereocenters. The minimum atomic E-state index is -0.744. The van der Waals surface area contributed by atoms with Gasteiger partial charge in [-0.05, 0) is 36.7 Å². The lowest BCUT2D eigenvalue weighted by Crippen LogP contribution is -2.35. The third-order valence-corrected chi connectivity index (χ3v) is 6.99. The molecule has 9 nitrogen and oxygen atoms in total. The van der Waals surface area contributed by atoms with Gasteiger partial charge in [0.25, 0.3) is 11.6 Å². The van der Waals surface area contributed by atoms with Gasteiger partial charge in [0.1, 0.15) is 6.54 Å². The van der Waals surface area contributed by atoms with Crippen molar-refractivity contribution in [2.24, 2.45) is 21.8 Å². The number of benzene rings is 1. The van der Waals surface area contributed by atoms with Crippen LogP contribution < -0.4 is 11.2 Å². The van der Waals surface area contributed by atoms with E-state index in [2.05, 4.69) is 31.3 Å². The molecule has 1 amide bonds. The number of aromatic nitrogens is 1. The van der Waals surface area contributed by atoms with E-state index in [1.165, 1.54) is 24.6 Å². The average Bonchev–Trinajstić information content (AvgIpc) is 3.13. The van der Waals surface area contributed by atoms with Gasteiger partial charge in [-0.15, -0.1) is 0 Å². The standard InChI is InChI=1S/C19H22N4O5/c1-18(2)11-6-7-19(18,3)15(8-11)20-21-16(24)10-22-13-5-4-12(23(26)27)9-14(13)28-17(22)25/h4-5,9,11H,6-8,10H2,1-3H3,(H,21,24)/b20-15+/t11-,19+/m1/s1. The Hall–Kier alpha value is -2.97. The summed E-state index contributed by atoms with van der Waals surface area (Å²) >= 11 is 0. The number of hydrogen-bond acceptors (Lipinski definition) is 6. The van der Waals surface area contributed by atoms with Crippen molar-refractivity contribution in [2.75, 3.05) is 0 Å². The van der Waals surface area contributed by atoms with E-state index in [-0.39, 0.29) is 28.6 Å². The zero-order valence-electron chi connectivity index (χ0n) is 16.0. The number of fused-ring (bicyclic) bond motifs is 3. The summed E-state index contributed by atoms with van der Waals surface area (Å²) in [6.45, 7) is 6.44. The minimum Gasteiger partial charge on any atom is -0.407 e. The summed E-state index contributed by atoms with van der Waals surface area (Å²) in [6.07, 6.45) is 3.12. The lowest BCUT2D eigenvalue weighted by Gasteiger charge is -2.34. The lowest BCUT2D eigenvalue weighted by atomic mass is 9.70. The molecule has 2 atom stereocenters. The van der Waals surface area contributed by atoms with Gasteiger partial charge in [-0.1, -0.05) is 20.8 Å². The highest BCUT2D eigenvalue weighted by atomic mass is 16.6. The largest absolute Gasteiger partial charge is 0.420 e. The molecule has 1 aromatic heterocycles. The van der Waals surface area contributed by atoms with E-state index in [9.17, 15) is 19.7 Å². The number of nitrogens with one attached hydrogen (secondary N) is 1. The molecule has 0 radical (unpaired) electrons. The monoisotopic (exact) mass is 386 g/mol. The molecule has 2 aliphatic carbocycles. The van der Waals surface area contributed by atoms with Crippen molar-refractivity contribution in [3.63, 3.8) is 0 Å². The molecule has 1 aromatic carbocycles. The fraction of sp³-hybridized carbons (Fsp3) is 0.526. The highest BCUT2D eigenvalue weighted by Crippen LogP contribution is 2.63. The van der Waals surface area contributed by atoms with E-state index in [1.54, 1.807) is 0 Å². The Labute approximate surface area is 160 Å². The number of hydrogen-bond donors (Lipinski definition) is 1. The molecule has 2 bridgehead atoms. The van der Waals surface area contributed by atoms with Gasteiger partial charge in [-0.25, -0.2) is 10.2 Å². The topological polar surface area (TPSA) is 120 Å². The van der Waals surface area contributed by atoms with E-state index in [0.29, 0.717) is 11.4 Å². The average molecular weight is 386 g/mol. The van der Waals surface area contributed by atoms with E-state index < -0.39 is 16.6 Å². The van der Waals surface area contributed by atoms with Gasteiger partial charge >= 0.3 is 5.76 Å². The van der Waals surface area contributed by atoms with Crippen molar-refractivity contribution in [1.29, 1.82) is 0 Å². The Morgan fingerprint density at radius 2 is 2.18 bits per heavy atom. The first-order valence-electron chi connectivity index (χ1n) is 9.27. The van der Waals surface area contributed by atoms with Crippen LogP contribution in [-0.2, 0) is 11.3 Å². The first-order valence-corrected chi connectivity index (χ1v) is 9.27. The Balaban J connectivity index is 1.53. The van der Waals surface area contributed by atoms with Crippen LogP contribution in [0.25, 0.3) is 11.1 Å². The number of carbonyl (C=O) groups excluding carboxylic acids is 1. The van der Waals surface area contributed by atoms with Gasteiger partial charge in [-0.3, -0.25) is 19.5 Å². The van der Waals surface area contributed by atoms with Crippen LogP contribution in [0.4, 0.5) is 5.69 Å². The maximum atomic E-state index is 12.4. The summed E-state index contributed by atoms with van der Waals surface area (Å²) in [5, 5.41) is 15.2. The van der Waals surface area contributed by atoms with Crippen molar-refractivity contribution < 1.29 is 14.1 Å². The van der Waals surface area contributed by atoms with Gasteiger partial charge in [-0.2, -0.15) is 5.10 Å². The van der Waals surface area contributed by atoms with Gasteiger partial charge in [0, 0.05) is 17.2 Å². The second-order valence-corrected chi connectivity index (χ2v) is 8.45. The fourth-order valence-electron chi connectivity index (χ4n) is 4.72. The summed E-state index contributed by atoms with van der Waals surface area (Å²) in [4.78, 5) is 34.7. The predicted octanol–water partition coefficient (Wildman–Crippen LogP) is 2.82. The van der Waals surface area contributed by atoms with Crippen LogP contribution in [0.1, 0.15) is 40.0 Å². The smallest absolute Gasteiger partial charge is 0.407 e. The van der Waals surface area contributed by atoms with Crippen molar-refractivity contribution >= 4 is 28.4 Å². The molecule has 28 heavy (non-hydrogen) atoms. The van der Waals surface area contributed by atoms with Crippen LogP contribution in [0.2, 0.25) is 0 Å². The van der Waals surface area contributed by atoms with Crippen LogP contribution in [0.3, 0.4) is 0 Å². The number of rotatable bonds is 4. The van der Waals surface area contributed by atoms with Crippen molar-refractivity contribution in [3.05, 3.63) is 38.9 Å². The van der Waals surface area contributed by atoms with Crippen molar-refractivity contribution in [3.8, 4) is 0 Å². The zero-order chi connectivity index (χ0) is 20.3. The Morgan fingerprint density at radius 3 is 2.79 bits per heavy atom. The molecule has 1 N–H and O–H groups in total. The first kappa shape index (κ1) is 18.4. The predicted molar refractivity (Wildman–Crippen MR) is 102 cm³/mol. The molecule has 2 aromatic rings. The number of hydrazone groups is 1. The second kappa shape index (κ2) is 6.02. The number of non-ortho nitro benzene ring substituents is 1. The number of nitro benzene ring substituents is 1. The molecule has 0 saturated heterocycles. The van der Waals surface area contributed by atoms with Gasteiger partial charge in [0.2, 0.25) is 0 Å². The van der Waals surface area contributed by atoms with E-state index >= 15 is 0 Å². The van der Waals surface area contributed by atoms with E-state index in [0.717, 1.165) is 23.1 Å². The third-order valence-electron chi connectivity index (χ3n) is 6.99. The number of carbonyl (C=O) groups is 1. The summed E-state index contributed by atoms with van der Waals surface area (Å²) in [6, 6.07) is 3.84. The van der Waals surface area contributed by atoms with Crippen LogP contribution in [0.5, 0.6) is 0 Å². The van der Waals surface area contributed by atoms with Gasteiger partial charge in [0.15, 0.2) is 5.58 Å². The fourth-order valence-corrected chi connectivity index (χ4v) is 4.72. The lowest BCUT2D eigenvalue weighted by molar-refractivity contribution is -0.384. The minimum absolute atomic E-state index is 0.0247. The quantitative estimate of drug-likeness (QED) is 0.640. The molecule has 2 fully saturated rings. The molecule has 9 heteroatoms. The normalized spacial score (nSPS) is 26.8. The molecule has 4 rings (SSSR count). The highest BCUT2D eigenvalue weighted by Gasteiger charge is 2.60. The zero-order valence-corrected chi connectivity index (χ0v) is 16.0. The molecular weight excluding hydrogens is 364 g/mol. The van der Waals surface area contributed by atoms with Crippen LogP contribution >= 0.6 is 0 Å². The van der Waals surface area contributed by atoms with Crippen molar-refractivity contribution in [2.45, 2.75) is 46.6 Å². The summed E-state index contributed by atoms with van der Waals surface area (Å²) in [5.74, 6) is -0.615. The van der Waals surface area contributed by atoms with Crippen molar-refractivity contribution in [1.82, 2.24) is 9.99 Å². The van der Waals surface area contributed by atoms with E-state index in [4.69, 9.17) is 4.42 Å². The first-order chi connectivity index (χ1) is 13.1. The Kier molecular flexibility index (Phi) is 3.95. The summed E-state index contributed by atoms with van der Waals surface area (Å²) in [7, 11) is 0. The summed E-state index contributed by atoms with van der Waals surface area (Å²) < 4.78 is 6.18. The number of nitrogens with zero attached hydrogens (tertiary/aromatic N) is 3. The maximum absolute atomic E-state index is 12.4. The van der Waals surface area contributed by atoms with Gasteiger partial charge in [0.05, 0.1) is 16.5 Å². The second-order valence-electron chi connectivity index (χ2n) is 8.45. The maximum Gasteiger partial charge on any atom is 0.420 e. The summed E-state index contributed by atoms with van der Waals surface area (Å²) in [5.41, 5.74) is 3.92. The molecule has 1 heterocycles. The number of oxazole rings is 1. The molecular formula is C19H22N4O5. The number of nitro groups is 1.